The van der Waals surface area contributed by atoms with Crippen LogP contribution in [0.25, 0.3) is 0 Å². The van der Waals surface area contributed by atoms with E-state index >= 15 is 0 Å². The maximum atomic E-state index is 10.8. The summed E-state index contributed by atoms with van der Waals surface area (Å²) in [6.45, 7) is 4.87. The largest absolute Gasteiger partial charge is 0.401 e. The zero-order chi connectivity index (χ0) is 11.2. The van der Waals surface area contributed by atoms with Gasteiger partial charge < -0.3 is 5.32 Å². The highest BCUT2D eigenvalue weighted by molar-refractivity contribution is 7.81. The molecule has 0 aliphatic rings. The summed E-state index contributed by atoms with van der Waals surface area (Å²) in [6.07, 6.45) is 0.374. The molecular weight excluding hydrogens is 210 g/mol. The first kappa shape index (κ1) is 13.1. The number of hydrogen-bond donors (Lipinski definition) is 1. The van der Waals surface area contributed by atoms with E-state index in [2.05, 4.69) is 20.3 Å². The first-order chi connectivity index (χ1) is 6.45. The molecule has 0 aromatic carbocycles. The van der Waals surface area contributed by atoms with Gasteiger partial charge in [0, 0.05) is 0 Å². The van der Waals surface area contributed by atoms with Crippen LogP contribution in [0.15, 0.2) is 12.7 Å². The Bertz CT molecular complexity index is 297. The van der Waals surface area contributed by atoms with Gasteiger partial charge in [0.05, 0.1) is 7.11 Å². The molecular formula is C7H13NO5S. The monoisotopic (exact) mass is 223 g/mol. The molecule has 0 fully saturated rings. The lowest BCUT2D eigenvalue weighted by Crippen LogP contribution is -2.37. The summed E-state index contributed by atoms with van der Waals surface area (Å²) in [5.41, 5.74) is 0. The lowest BCUT2D eigenvalue weighted by atomic mass is 10.4. The van der Waals surface area contributed by atoms with Crippen molar-refractivity contribution in [1.82, 2.24) is 5.32 Å². The second-order valence-electron chi connectivity index (χ2n) is 2.28. The van der Waals surface area contributed by atoms with E-state index in [1.807, 2.05) is 0 Å². The fourth-order valence-electron chi connectivity index (χ4n) is 0.593. The van der Waals surface area contributed by atoms with Gasteiger partial charge in [0.15, 0.2) is 6.23 Å². The van der Waals surface area contributed by atoms with Crippen molar-refractivity contribution in [1.29, 1.82) is 0 Å². The molecule has 0 saturated carbocycles. The molecule has 0 bridgehead atoms. The zero-order valence-corrected chi connectivity index (χ0v) is 8.83. The number of amides is 1. The van der Waals surface area contributed by atoms with Crippen molar-refractivity contribution in [2.24, 2.45) is 0 Å². The van der Waals surface area contributed by atoms with Crippen molar-refractivity contribution in [2.75, 3.05) is 7.11 Å². The van der Waals surface area contributed by atoms with E-state index in [9.17, 15) is 13.2 Å². The highest BCUT2D eigenvalue weighted by atomic mass is 32.3. The van der Waals surface area contributed by atoms with Gasteiger partial charge in [0.2, 0.25) is 5.91 Å². The maximum absolute atomic E-state index is 10.8. The van der Waals surface area contributed by atoms with E-state index in [0.29, 0.717) is 6.42 Å². The first-order valence-corrected chi connectivity index (χ1v) is 5.20. The van der Waals surface area contributed by atoms with Gasteiger partial charge in [-0.1, -0.05) is 13.5 Å². The minimum Gasteiger partial charge on any atom is -0.326 e. The Morgan fingerprint density at radius 2 is 2.21 bits per heavy atom. The van der Waals surface area contributed by atoms with E-state index in [1.165, 1.54) is 0 Å². The number of carbonyl (C=O) groups excluding carboxylic acids is 1. The molecule has 0 heterocycles. The average molecular weight is 223 g/mol. The molecule has 0 aliphatic heterocycles. The van der Waals surface area contributed by atoms with Crippen molar-refractivity contribution in [3.05, 3.63) is 12.7 Å². The van der Waals surface area contributed by atoms with E-state index in [4.69, 9.17) is 0 Å². The Balaban J connectivity index is 4.30. The van der Waals surface area contributed by atoms with Crippen molar-refractivity contribution >= 4 is 16.3 Å². The molecule has 0 aliphatic carbocycles. The molecule has 7 heteroatoms. The van der Waals surface area contributed by atoms with Crippen LogP contribution in [0.2, 0.25) is 0 Å². The van der Waals surface area contributed by atoms with Gasteiger partial charge in [-0.05, 0) is 12.5 Å². The third kappa shape index (κ3) is 4.95. The third-order valence-corrected chi connectivity index (χ3v) is 2.17. The lowest BCUT2D eigenvalue weighted by Gasteiger charge is -2.14. The summed E-state index contributed by atoms with van der Waals surface area (Å²) in [5.74, 6) is -0.511. The Hall–Kier alpha value is -0.920. The SMILES string of the molecule is C=CC(=O)NC(CC)OS(=O)(=O)OC. The molecule has 1 unspecified atom stereocenters. The fraction of sp³-hybridized carbons (Fsp3) is 0.571. The smallest absolute Gasteiger partial charge is 0.326 e. The van der Waals surface area contributed by atoms with Crippen LogP contribution in [0.3, 0.4) is 0 Å². The summed E-state index contributed by atoms with van der Waals surface area (Å²) < 4.78 is 30.2. The molecule has 82 valence electrons. The summed E-state index contributed by atoms with van der Waals surface area (Å²) in [6, 6.07) is 0. The van der Waals surface area contributed by atoms with Gasteiger partial charge in [0.1, 0.15) is 0 Å². The predicted octanol–water partition coefficient (Wildman–Crippen LogP) is -0.0675. The van der Waals surface area contributed by atoms with Crippen LogP contribution in [0.1, 0.15) is 13.3 Å². The van der Waals surface area contributed by atoms with Crippen LogP contribution < -0.4 is 5.32 Å². The Morgan fingerprint density at radius 3 is 2.57 bits per heavy atom. The van der Waals surface area contributed by atoms with Crippen LogP contribution in [0, 0.1) is 0 Å². The summed E-state index contributed by atoms with van der Waals surface area (Å²) in [7, 11) is -3.06. The third-order valence-electron chi connectivity index (χ3n) is 1.30. The molecule has 0 aromatic rings. The highest BCUT2D eigenvalue weighted by Crippen LogP contribution is 2.01. The molecule has 1 atom stereocenters. The molecule has 14 heavy (non-hydrogen) atoms. The Morgan fingerprint density at radius 1 is 1.64 bits per heavy atom. The summed E-state index contributed by atoms with van der Waals surface area (Å²) in [4.78, 5) is 10.8. The van der Waals surface area contributed by atoms with Gasteiger partial charge in [0.25, 0.3) is 0 Å². The number of hydrogen-bond acceptors (Lipinski definition) is 5. The average Bonchev–Trinajstić information content (AvgIpc) is 2.16. The van der Waals surface area contributed by atoms with Gasteiger partial charge >= 0.3 is 10.4 Å². The normalized spacial score (nSPS) is 13.3. The molecule has 0 aromatic heterocycles. The number of rotatable bonds is 6. The topological polar surface area (TPSA) is 81.7 Å². The quantitative estimate of drug-likeness (QED) is 0.503. The number of carbonyl (C=O) groups is 1. The van der Waals surface area contributed by atoms with Crippen LogP contribution in [-0.2, 0) is 23.6 Å². The van der Waals surface area contributed by atoms with Crippen LogP contribution in [0.4, 0.5) is 0 Å². The Kier molecular flexibility index (Phi) is 5.36. The fourth-order valence-corrected chi connectivity index (χ4v) is 1.14. The second kappa shape index (κ2) is 5.74. The van der Waals surface area contributed by atoms with Crippen LogP contribution in [0.5, 0.6) is 0 Å². The summed E-state index contributed by atoms with van der Waals surface area (Å²) >= 11 is 0. The molecule has 1 N–H and O–H groups in total. The molecule has 6 nitrogen and oxygen atoms in total. The number of nitrogens with one attached hydrogen (secondary N) is 1. The van der Waals surface area contributed by atoms with Crippen molar-refractivity contribution in [3.63, 3.8) is 0 Å². The van der Waals surface area contributed by atoms with E-state index < -0.39 is 22.5 Å². The van der Waals surface area contributed by atoms with Crippen LogP contribution >= 0.6 is 0 Å². The van der Waals surface area contributed by atoms with Crippen molar-refractivity contribution < 1.29 is 21.6 Å². The molecule has 0 rings (SSSR count). The van der Waals surface area contributed by atoms with Crippen molar-refractivity contribution in [3.8, 4) is 0 Å². The minimum absolute atomic E-state index is 0.294. The summed E-state index contributed by atoms with van der Waals surface area (Å²) in [5, 5.41) is 2.27. The zero-order valence-electron chi connectivity index (χ0n) is 8.02. The predicted molar refractivity (Wildman–Crippen MR) is 49.4 cm³/mol. The van der Waals surface area contributed by atoms with Gasteiger partial charge in [-0.15, -0.1) is 0 Å². The Labute approximate surface area is 83.2 Å². The van der Waals surface area contributed by atoms with Gasteiger partial charge in [-0.3, -0.25) is 8.98 Å². The van der Waals surface area contributed by atoms with E-state index in [0.717, 1.165) is 13.2 Å². The highest BCUT2D eigenvalue weighted by Gasteiger charge is 2.18. The minimum atomic E-state index is -4.03. The second-order valence-corrected chi connectivity index (χ2v) is 3.62. The van der Waals surface area contributed by atoms with E-state index in [1.54, 1.807) is 6.92 Å². The van der Waals surface area contributed by atoms with Gasteiger partial charge in [-0.25, -0.2) is 4.18 Å². The van der Waals surface area contributed by atoms with Crippen molar-refractivity contribution in [2.45, 2.75) is 19.6 Å². The van der Waals surface area contributed by atoms with Gasteiger partial charge in [-0.2, -0.15) is 8.42 Å². The lowest BCUT2D eigenvalue weighted by molar-refractivity contribution is -0.118. The van der Waals surface area contributed by atoms with Crippen LogP contribution in [-0.4, -0.2) is 27.7 Å². The molecule has 0 radical (unpaired) electrons. The molecule has 0 spiro atoms. The first-order valence-electron chi connectivity index (χ1n) is 3.87. The maximum Gasteiger partial charge on any atom is 0.401 e. The standard InChI is InChI=1S/C7H13NO5S/c1-4-6(9)8-7(5-2)13-14(10,11)12-3/h4,7H,1,5H2,2-3H3,(H,8,9). The molecule has 1 amide bonds. The molecule has 0 saturated heterocycles. The van der Waals surface area contributed by atoms with E-state index in [-0.39, 0.29) is 0 Å².